The number of carbonyl (C=O) groups is 2. The smallest absolute Gasteiger partial charge is 0.311 e. The van der Waals surface area contributed by atoms with Crippen molar-refractivity contribution in [1.29, 1.82) is 0 Å². The van der Waals surface area contributed by atoms with E-state index in [1.54, 1.807) is 17.9 Å². The van der Waals surface area contributed by atoms with Gasteiger partial charge < -0.3 is 10.0 Å². The third kappa shape index (κ3) is 2.66. The van der Waals surface area contributed by atoms with Gasteiger partial charge in [-0.1, -0.05) is 15.9 Å². The molecule has 19 heavy (non-hydrogen) atoms. The van der Waals surface area contributed by atoms with Gasteiger partial charge in [0.15, 0.2) is 0 Å². The van der Waals surface area contributed by atoms with Crippen molar-refractivity contribution in [2.24, 2.45) is 5.41 Å². The number of hydrogen-bond donors (Lipinski definition) is 1. The molecule has 5 heteroatoms. The summed E-state index contributed by atoms with van der Waals surface area (Å²) in [6.45, 7) is 4.38. The first kappa shape index (κ1) is 14.1. The highest BCUT2D eigenvalue weighted by Crippen LogP contribution is 2.31. The third-order valence-electron chi connectivity index (χ3n) is 3.68. The van der Waals surface area contributed by atoms with E-state index in [0.717, 1.165) is 10.0 Å². The Morgan fingerprint density at radius 1 is 1.42 bits per heavy atom. The van der Waals surface area contributed by atoms with Crippen molar-refractivity contribution in [2.75, 3.05) is 13.1 Å². The second kappa shape index (κ2) is 4.96. The van der Waals surface area contributed by atoms with Crippen molar-refractivity contribution >= 4 is 27.8 Å². The second-order valence-electron chi connectivity index (χ2n) is 5.31. The van der Waals surface area contributed by atoms with Gasteiger partial charge in [0.05, 0.1) is 5.41 Å². The summed E-state index contributed by atoms with van der Waals surface area (Å²) >= 11 is 3.40. The van der Waals surface area contributed by atoms with Gasteiger partial charge in [0, 0.05) is 23.1 Å². The summed E-state index contributed by atoms with van der Waals surface area (Å²) in [5.74, 6) is -0.935. The van der Waals surface area contributed by atoms with Crippen LogP contribution in [0.3, 0.4) is 0 Å². The van der Waals surface area contributed by atoms with E-state index in [9.17, 15) is 14.7 Å². The van der Waals surface area contributed by atoms with Gasteiger partial charge in [-0.05, 0) is 44.0 Å². The van der Waals surface area contributed by atoms with Crippen LogP contribution in [0.1, 0.15) is 29.3 Å². The number of carbonyl (C=O) groups excluding carboxylic acids is 1. The molecule has 2 rings (SSSR count). The lowest BCUT2D eigenvalue weighted by molar-refractivity contribution is -0.147. The van der Waals surface area contributed by atoms with Crippen molar-refractivity contribution in [3.05, 3.63) is 33.8 Å². The molecule has 1 N–H and O–H groups in total. The molecule has 1 aliphatic heterocycles. The Morgan fingerprint density at radius 3 is 2.63 bits per heavy atom. The number of aryl methyl sites for hydroxylation is 1. The number of carboxylic acids is 1. The Morgan fingerprint density at radius 2 is 2.11 bits per heavy atom. The lowest BCUT2D eigenvalue weighted by Crippen LogP contribution is -2.34. The van der Waals surface area contributed by atoms with Gasteiger partial charge in [-0.25, -0.2) is 0 Å². The first-order chi connectivity index (χ1) is 8.83. The number of hydrogen-bond acceptors (Lipinski definition) is 2. The van der Waals surface area contributed by atoms with E-state index < -0.39 is 11.4 Å². The molecule has 1 fully saturated rings. The van der Waals surface area contributed by atoms with Crippen LogP contribution in [0, 0.1) is 12.3 Å². The van der Waals surface area contributed by atoms with Crippen molar-refractivity contribution in [3.8, 4) is 0 Å². The molecule has 0 spiro atoms. The SMILES string of the molecule is Cc1cc(C(=O)N2CCC(C)(C(=O)O)C2)ccc1Br. The Labute approximate surface area is 120 Å². The van der Waals surface area contributed by atoms with Crippen LogP contribution in [-0.4, -0.2) is 35.0 Å². The van der Waals surface area contributed by atoms with Crippen molar-refractivity contribution in [2.45, 2.75) is 20.3 Å². The van der Waals surface area contributed by atoms with E-state index >= 15 is 0 Å². The number of likely N-dealkylation sites (tertiary alicyclic amines) is 1. The van der Waals surface area contributed by atoms with Crippen LogP contribution in [0.4, 0.5) is 0 Å². The molecule has 0 saturated carbocycles. The third-order valence-corrected chi connectivity index (χ3v) is 4.57. The standard InChI is InChI=1S/C14H16BrNO3/c1-9-7-10(3-4-11(9)15)12(17)16-6-5-14(2,8-16)13(18)19/h3-4,7H,5-6,8H2,1-2H3,(H,18,19). The summed E-state index contributed by atoms with van der Waals surface area (Å²) in [6.07, 6.45) is 0.504. The van der Waals surface area contributed by atoms with E-state index in [4.69, 9.17) is 0 Å². The van der Waals surface area contributed by atoms with E-state index in [2.05, 4.69) is 15.9 Å². The number of halogens is 1. The monoisotopic (exact) mass is 325 g/mol. The van der Waals surface area contributed by atoms with Crippen LogP contribution in [0.25, 0.3) is 0 Å². The quantitative estimate of drug-likeness (QED) is 0.909. The molecule has 102 valence electrons. The number of benzene rings is 1. The summed E-state index contributed by atoms with van der Waals surface area (Å²) in [5, 5.41) is 9.18. The maximum Gasteiger partial charge on any atom is 0.311 e. The van der Waals surface area contributed by atoms with Crippen LogP contribution < -0.4 is 0 Å². The van der Waals surface area contributed by atoms with Crippen LogP contribution in [-0.2, 0) is 4.79 Å². The lowest BCUT2D eigenvalue weighted by Gasteiger charge is -2.20. The summed E-state index contributed by atoms with van der Waals surface area (Å²) in [5.41, 5.74) is 0.779. The molecular formula is C14H16BrNO3. The average Bonchev–Trinajstić information content (AvgIpc) is 2.76. The minimum atomic E-state index is -0.838. The molecule has 1 aliphatic rings. The number of amides is 1. The molecular weight excluding hydrogens is 310 g/mol. The normalized spacial score (nSPS) is 22.6. The summed E-state index contributed by atoms with van der Waals surface area (Å²) in [4.78, 5) is 25.1. The van der Waals surface area contributed by atoms with Crippen molar-refractivity contribution < 1.29 is 14.7 Å². The molecule has 1 saturated heterocycles. The van der Waals surface area contributed by atoms with Crippen LogP contribution >= 0.6 is 15.9 Å². The van der Waals surface area contributed by atoms with Gasteiger partial charge in [-0.15, -0.1) is 0 Å². The maximum absolute atomic E-state index is 12.3. The lowest BCUT2D eigenvalue weighted by atomic mass is 9.90. The highest BCUT2D eigenvalue weighted by molar-refractivity contribution is 9.10. The molecule has 0 aromatic heterocycles. The molecule has 1 amide bonds. The highest BCUT2D eigenvalue weighted by atomic mass is 79.9. The number of rotatable bonds is 2. The van der Waals surface area contributed by atoms with Crippen LogP contribution in [0.2, 0.25) is 0 Å². The fourth-order valence-electron chi connectivity index (χ4n) is 2.27. The maximum atomic E-state index is 12.3. The Bertz CT molecular complexity index is 543. The molecule has 1 heterocycles. The molecule has 0 bridgehead atoms. The van der Waals surface area contributed by atoms with Gasteiger partial charge in [-0.3, -0.25) is 9.59 Å². The summed E-state index contributed by atoms with van der Waals surface area (Å²) in [7, 11) is 0. The fourth-order valence-corrected chi connectivity index (χ4v) is 2.52. The van der Waals surface area contributed by atoms with Gasteiger partial charge in [0.2, 0.25) is 0 Å². The number of carboxylic acid groups (broad SMARTS) is 1. The molecule has 1 atom stereocenters. The van der Waals surface area contributed by atoms with Crippen molar-refractivity contribution in [3.63, 3.8) is 0 Å². The number of aliphatic carboxylic acids is 1. The summed E-state index contributed by atoms with van der Waals surface area (Å²) in [6, 6.07) is 5.42. The van der Waals surface area contributed by atoms with Crippen LogP contribution in [0.15, 0.2) is 22.7 Å². The Kier molecular flexibility index (Phi) is 3.67. The molecule has 1 unspecified atom stereocenters. The molecule has 0 aliphatic carbocycles. The first-order valence-corrected chi connectivity index (χ1v) is 6.92. The number of nitrogens with zero attached hydrogens (tertiary/aromatic N) is 1. The molecule has 0 radical (unpaired) electrons. The van der Waals surface area contributed by atoms with Gasteiger partial charge in [-0.2, -0.15) is 0 Å². The second-order valence-corrected chi connectivity index (χ2v) is 6.16. The largest absolute Gasteiger partial charge is 0.481 e. The Balaban J connectivity index is 2.18. The topological polar surface area (TPSA) is 57.6 Å². The zero-order valence-corrected chi connectivity index (χ0v) is 12.5. The Hall–Kier alpha value is -1.36. The van der Waals surface area contributed by atoms with Gasteiger partial charge >= 0.3 is 5.97 Å². The molecule has 4 nitrogen and oxygen atoms in total. The zero-order valence-electron chi connectivity index (χ0n) is 10.9. The fraction of sp³-hybridized carbons (Fsp3) is 0.429. The van der Waals surface area contributed by atoms with Crippen LogP contribution in [0.5, 0.6) is 0 Å². The van der Waals surface area contributed by atoms with E-state index in [0.29, 0.717) is 18.5 Å². The zero-order chi connectivity index (χ0) is 14.2. The summed E-state index contributed by atoms with van der Waals surface area (Å²) < 4.78 is 0.959. The van der Waals surface area contributed by atoms with E-state index in [-0.39, 0.29) is 12.5 Å². The van der Waals surface area contributed by atoms with E-state index in [1.807, 2.05) is 19.1 Å². The molecule has 1 aromatic carbocycles. The molecule has 1 aromatic rings. The minimum absolute atomic E-state index is 0.0967. The van der Waals surface area contributed by atoms with Gasteiger partial charge in [0.25, 0.3) is 5.91 Å². The first-order valence-electron chi connectivity index (χ1n) is 6.12. The minimum Gasteiger partial charge on any atom is -0.481 e. The van der Waals surface area contributed by atoms with E-state index in [1.165, 1.54) is 0 Å². The van der Waals surface area contributed by atoms with Gasteiger partial charge in [0.1, 0.15) is 0 Å². The highest BCUT2D eigenvalue weighted by Gasteiger charge is 2.42. The predicted octanol–water partition coefficient (Wildman–Crippen LogP) is 2.69. The average molecular weight is 326 g/mol. The predicted molar refractivity (Wildman–Crippen MR) is 75.1 cm³/mol. The van der Waals surface area contributed by atoms with Crippen molar-refractivity contribution in [1.82, 2.24) is 4.90 Å².